The van der Waals surface area contributed by atoms with E-state index in [4.69, 9.17) is 18.0 Å². The van der Waals surface area contributed by atoms with E-state index in [2.05, 4.69) is 17.3 Å². The molecule has 0 aromatic heterocycles. The number of nitrogens with one attached hydrogen (secondary N) is 1. The molecule has 0 spiro atoms. The van der Waals surface area contributed by atoms with Crippen LogP contribution in [-0.4, -0.2) is 35.4 Å². The van der Waals surface area contributed by atoms with Crippen molar-refractivity contribution in [3.63, 3.8) is 0 Å². The van der Waals surface area contributed by atoms with E-state index in [0.29, 0.717) is 11.4 Å². The maximum absolute atomic E-state index is 11.9. The van der Waals surface area contributed by atoms with E-state index < -0.39 is 0 Å². The lowest BCUT2D eigenvalue weighted by Gasteiger charge is -2.15. The van der Waals surface area contributed by atoms with E-state index in [1.807, 2.05) is 18.2 Å². The Morgan fingerprint density at radius 2 is 2.25 bits per heavy atom. The molecule has 4 nitrogen and oxygen atoms in total. The van der Waals surface area contributed by atoms with Crippen LogP contribution in [0.25, 0.3) is 0 Å². The van der Waals surface area contributed by atoms with Gasteiger partial charge in [-0.2, -0.15) is 0 Å². The summed E-state index contributed by atoms with van der Waals surface area (Å²) in [5, 5.41) is 2.88. The molecule has 2 rings (SSSR count). The van der Waals surface area contributed by atoms with Gasteiger partial charge in [0, 0.05) is 23.7 Å². The number of carbonyl (C=O) groups is 1. The van der Waals surface area contributed by atoms with Crippen LogP contribution in [-0.2, 0) is 4.79 Å². The van der Waals surface area contributed by atoms with Crippen molar-refractivity contribution in [1.82, 2.24) is 4.90 Å². The van der Waals surface area contributed by atoms with Crippen molar-refractivity contribution < 1.29 is 4.79 Å². The zero-order valence-electron chi connectivity index (χ0n) is 11.8. The van der Waals surface area contributed by atoms with Crippen LogP contribution in [0.15, 0.2) is 24.3 Å². The molecule has 1 saturated carbocycles. The van der Waals surface area contributed by atoms with Crippen LogP contribution < -0.4 is 11.1 Å². The van der Waals surface area contributed by atoms with Gasteiger partial charge in [0.25, 0.3) is 0 Å². The van der Waals surface area contributed by atoms with E-state index in [-0.39, 0.29) is 5.91 Å². The Bertz CT molecular complexity index is 500. The van der Waals surface area contributed by atoms with Crippen molar-refractivity contribution in [1.29, 1.82) is 0 Å². The van der Waals surface area contributed by atoms with Crippen molar-refractivity contribution in [3.05, 3.63) is 29.8 Å². The molecule has 1 aromatic rings. The second kappa shape index (κ2) is 6.81. The molecular weight excluding hydrogens is 270 g/mol. The minimum absolute atomic E-state index is 0.0364. The van der Waals surface area contributed by atoms with Crippen LogP contribution in [0.1, 0.15) is 31.2 Å². The SMILES string of the molecule is CN(CCCC(=O)Nc1cccc(C(N)=S)c1)C1CC1. The second-order valence-corrected chi connectivity index (χ2v) is 5.75. The molecule has 1 amide bonds. The van der Waals surface area contributed by atoms with Gasteiger partial charge in [-0.15, -0.1) is 0 Å². The fourth-order valence-electron chi connectivity index (χ4n) is 2.16. The highest BCUT2D eigenvalue weighted by Gasteiger charge is 2.25. The second-order valence-electron chi connectivity index (χ2n) is 5.31. The predicted molar refractivity (Wildman–Crippen MR) is 85.8 cm³/mol. The first-order chi connectivity index (χ1) is 9.56. The van der Waals surface area contributed by atoms with Crippen LogP contribution in [0, 0.1) is 0 Å². The molecular formula is C15H21N3OS. The van der Waals surface area contributed by atoms with Gasteiger partial charge in [-0.05, 0) is 45.0 Å². The molecule has 0 saturated heterocycles. The number of thiocarbonyl (C=S) groups is 1. The Balaban J connectivity index is 1.75. The van der Waals surface area contributed by atoms with Crippen LogP contribution in [0.5, 0.6) is 0 Å². The summed E-state index contributed by atoms with van der Waals surface area (Å²) < 4.78 is 0. The highest BCUT2D eigenvalue weighted by molar-refractivity contribution is 7.80. The number of nitrogens with two attached hydrogens (primary N) is 1. The minimum atomic E-state index is 0.0364. The Morgan fingerprint density at radius 1 is 1.50 bits per heavy atom. The number of anilines is 1. The van der Waals surface area contributed by atoms with Crippen LogP contribution in [0.3, 0.4) is 0 Å². The Hall–Kier alpha value is -1.46. The van der Waals surface area contributed by atoms with Crippen molar-refractivity contribution in [3.8, 4) is 0 Å². The lowest BCUT2D eigenvalue weighted by atomic mass is 10.2. The molecule has 0 radical (unpaired) electrons. The first-order valence-corrected chi connectivity index (χ1v) is 7.37. The normalized spacial score (nSPS) is 14.3. The predicted octanol–water partition coefficient (Wildman–Crippen LogP) is 2.13. The molecule has 0 aliphatic heterocycles. The monoisotopic (exact) mass is 291 g/mol. The molecule has 0 atom stereocenters. The quantitative estimate of drug-likeness (QED) is 0.756. The first kappa shape index (κ1) is 14.9. The summed E-state index contributed by atoms with van der Waals surface area (Å²) in [7, 11) is 2.13. The largest absolute Gasteiger partial charge is 0.389 e. The molecule has 0 bridgehead atoms. The third-order valence-corrected chi connectivity index (χ3v) is 3.75. The molecule has 1 aliphatic carbocycles. The fourth-order valence-corrected chi connectivity index (χ4v) is 2.29. The zero-order valence-corrected chi connectivity index (χ0v) is 12.6. The minimum Gasteiger partial charge on any atom is -0.389 e. The molecule has 0 heterocycles. The number of amides is 1. The summed E-state index contributed by atoms with van der Waals surface area (Å²) in [5.41, 5.74) is 7.09. The maximum Gasteiger partial charge on any atom is 0.224 e. The summed E-state index contributed by atoms with van der Waals surface area (Å²) >= 11 is 4.92. The molecule has 20 heavy (non-hydrogen) atoms. The van der Waals surface area contributed by atoms with Gasteiger partial charge >= 0.3 is 0 Å². The summed E-state index contributed by atoms with van der Waals surface area (Å²) in [4.78, 5) is 14.5. The fraction of sp³-hybridized carbons (Fsp3) is 0.467. The number of nitrogens with zero attached hydrogens (tertiary/aromatic N) is 1. The number of benzene rings is 1. The van der Waals surface area contributed by atoms with Crippen molar-refractivity contribution in [2.45, 2.75) is 31.7 Å². The zero-order chi connectivity index (χ0) is 14.5. The van der Waals surface area contributed by atoms with Crippen molar-refractivity contribution in [2.75, 3.05) is 18.9 Å². The van der Waals surface area contributed by atoms with Crippen molar-refractivity contribution >= 4 is 28.8 Å². The first-order valence-electron chi connectivity index (χ1n) is 6.96. The van der Waals surface area contributed by atoms with Gasteiger partial charge in [0.05, 0.1) is 0 Å². The van der Waals surface area contributed by atoms with Crippen LogP contribution in [0.4, 0.5) is 5.69 Å². The maximum atomic E-state index is 11.9. The van der Waals surface area contributed by atoms with E-state index in [0.717, 1.165) is 30.3 Å². The molecule has 1 aromatic carbocycles. The highest BCUT2D eigenvalue weighted by Crippen LogP contribution is 2.25. The van der Waals surface area contributed by atoms with Crippen LogP contribution in [0.2, 0.25) is 0 Å². The summed E-state index contributed by atoms with van der Waals surface area (Å²) in [5.74, 6) is 0.0364. The summed E-state index contributed by atoms with van der Waals surface area (Å²) in [6.07, 6.45) is 4.02. The van der Waals surface area contributed by atoms with E-state index >= 15 is 0 Å². The van der Waals surface area contributed by atoms with Gasteiger partial charge in [-0.3, -0.25) is 4.79 Å². The summed E-state index contributed by atoms with van der Waals surface area (Å²) in [6, 6.07) is 8.07. The van der Waals surface area contributed by atoms with Gasteiger partial charge in [0.2, 0.25) is 5.91 Å². The lowest BCUT2D eigenvalue weighted by Crippen LogP contribution is -2.23. The number of rotatable bonds is 7. The topological polar surface area (TPSA) is 58.4 Å². The number of carbonyl (C=O) groups excluding carboxylic acids is 1. The van der Waals surface area contributed by atoms with Crippen molar-refractivity contribution in [2.24, 2.45) is 5.73 Å². The van der Waals surface area contributed by atoms with Gasteiger partial charge < -0.3 is 16.0 Å². The Kier molecular flexibility index (Phi) is 5.09. The number of hydrogen-bond acceptors (Lipinski definition) is 3. The molecule has 1 fully saturated rings. The Morgan fingerprint density at radius 3 is 2.90 bits per heavy atom. The van der Waals surface area contributed by atoms with E-state index in [1.54, 1.807) is 6.07 Å². The smallest absolute Gasteiger partial charge is 0.224 e. The van der Waals surface area contributed by atoms with Gasteiger partial charge in [0.15, 0.2) is 0 Å². The number of hydrogen-bond donors (Lipinski definition) is 2. The average molecular weight is 291 g/mol. The van der Waals surface area contributed by atoms with E-state index in [1.165, 1.54) is 12.8 Å². The molecule has 3 N–H and O–H groups in total. The molecule has 108 valence electrons. The third-order valence-electron chi connectivity index (χ3n) is 3.52. The average Bonchev–Trinajstić information content (AvgIpc) is 3.23. The molecule has 1 aliphatic rings. The third kappa shape index (κ3) is 4.58. The Labute approximate surface area is 125 Å². The van der Waals surface area contributed by atoms with E-state index in [9.17, 15) is 4.79 Å². The van der Waals surface area contributed by atoms with Gasteiger partial charge in [-0.25, -0.2) is 0 Å². The summed E-state index contributed by atoms with van der Waals surface area (Å²) in [6.45, 7) is 0.977. The standard InChI is InChI=1S/C15H21N3OS/c1-18(13-7-8-13)9-3-6-14(19)17-12-5-2-4-11(10-12)15(16)20/h2,4-5,10,13H,3,6-9H2,1H3,(H2,16,20)(H,17,19). The molecule has 5 heteroatoms. The molecule has 0 unspecified atom stereocenters. The van der Waals surface area contributed by atoms with Gasteiger partial charge in [-0.1, -0.05) is 24.4 Å². The van der Waals surface area contributed by atoms with Gasteiger partial charge in [0.1, 0.15) is 4.99 Å². The van der Waals surface area contributed by atoms with Crippen LogP contribution >= 0.6 is 12.2 Å². The lowest BCUT2D eigenvalue weighted by molar-refractivity contribution is -0.116. The highest BCUT2D eigenvalue weighted by atomic mass is 32.1.